The van der Waals surface area contributed by atoms with Gasteiger partial charge in [0.1, 0.15) is 0 Å². The molecule has 0 aliphatic heterocycles. The standard InChI is InChI=1S/C8H12BrNOS/c1-5(4-10)7(11)6-2-3-12-8(6)9/h2-3,5,7,11H,4,10H2,1H3. The van der Waals surface area contributed by atoms with Crippen molar-refractivity contribution in [2.24, 2.45) is 11.7 Å². The number of nitrogens with two attached hydrogens (primary N) is 1. The zero-order valence-corrected chi connectivity index (χ0v) is 9.23. The number of thiophene rings is 1. The highest BCUT2D eigenvalue weighted by Gasteiger charge is 2.17. The van der Waals surface area contributed by atoms with Gasteiger partial charge < -0.3 is 10.8 Å². The highest BCUT2D eigenvalue weighted by atomic mass is 79.9. The van der Waals surface area contributed by atoms with Crippen LogP contribution >= 0.6 is 27.3 Å². The quantitative estimate of drug-likeness (QED) is 0.863. The van der Waals surface area contributed by atoms with Crippen molar-refractivity contribution in [1.82, 2.24) is 0 Å². The molecule has 0 saturated carbocycles. The maximum Gasteiger partial charge on any atom is 0.0846 e. The molecule has 0 fully saturated rings. The van der Waals surface area contributed by atoms with Crippen molar-refractivity contribution in [3.63, 3.8) is 0 Å². The second-order valence-corrected chi connectivity index (χ2v) is 5.04. The average molecular weight is 250 g/mol. The number of rotatable bonds is 3. The van der Waals surface area contributed by atoms with E-state index in [4.69, 9.17) is 5.73 Å². The molecule has 0 bridgehead atoms. The van der Waals surface area contributed by atoms with Crippen LogP contribution in [0.1, 0.15) is 18.6 Å². The Morgan fingerprint density at radius 1 is 1.75 bits per heavy atom. The van der Waals surface area contributed by atoms with Gasteiger partial charge in [0.15, 0.2) is 0 Å². The molecule has 3 N–H and O–H groups in total. The fourth-order valence-electron chi connectivity index (χ4n) is 0.951. The zero-order chi connectivity index (χ0) is 9.14. The van der Waals surface area contributed by atoms with Gasteiger partial charge in [0.2, 0.25) is 0 Å². The third-order valence-electron chi connectivity index (χ3n) is 1.88. The van der Waals surface area contributed by atoms with E-state index in [-0.39, 0.29) is 5.92 Å². The minimum atomic E-state index is -0.448. The summed E-state index contributed by atoms with van der Waals surface area (Å²) in [5.74, 6) is 0.107. The lowest BCUT2D eigenvalue weighted by atomic mass is 10.0. The highest BCUT2D eigenvalue weighted by Crippen LogP contribution is 2.32. The van der Waals surface area contributed by atoms with Gasteiger partial charge in [-0.15, -0.1) is 11.3 Å². The fourth-order valence-corrected chi connectivity index (χ4v) is 2.30. The summed E-state index contributed by atoms with van der Waals surface area (Å²) < 4.78 is 0.996. The van der Waals surface area contributed by atoms with E-state index in [0.29, 0.717) is 6.54 Å². The summed E-state index contributed by atoms with van der Waals surface area (Å²) in [7, 11) is 0. The molecule has 0 aromatic carbocycles. The molecule has 1 aromatic heterocycles. The van der Waals surface area contributed by atoms with Gasteiger partial charge >= 0.3 is 0 Å². The monoisotopic (exact) mass is 249 g/mol. The Labute approximate surface area is 84.5 Å². The first kappa shape index (κ1) is 10.2. The lowest BCUT2D eigenvalue weighted by Crippen LogP contribution is -2.18. The zero-order valence-electron chi connectivity index (χ0n) is 6.83. The Kier molecular flexibility index (Phi) is 3.71. The molecule has 2 nitrogen and oxygen atoms in total. The molecule has 2 atom stereocenters. The summed E-state index contributed by atoms with van der Waals surface area (Å²) in [6, 6.07) is 1.92. The Morgan fingerprint density at radius 2 is 2.42 bits per heavy atom. The summed E-state index contributed by atoms with van der Waals surface area (Å²) in [4.78, 5) is 0. The first-order chi connectivity index (χ1) is 5.66. The van der Waals surface area contributed by atoms with Crippen LogP contribution in [0.2, 0.25) is 0 Å². The molecular formula is C8H12BrNOS. The van der Waals surface area contributed by atoms with Crippen LogP contribution in [0.3, 0.4) is 0 Å². The van der Waals surface area contributed by atoms with Gasteiger partial charge in [-0.25, -0.2) is 0 Å². The predicted molar refractivity (Wildman–Crippen MR) is 55.2 cm³/mol. The maximum absolute atomic E-state index is 9.76. The van der Waals surface area contributed by atoms with Crippen LogP contribution in [0.4, 0.5) is 0 Å². The molecule has 0 aliphatic carbocycles. The maximum atomic E-state index is 9.76. The van der Waals surface area contributed by atoms with Gasteiger partial charge in [-0.3, -0.25) is 0 Å². The lowest BCUT2D eigenvalue weighted by molar-refractivity contribution is 0.121. The molecule has 0 spiro atoms. The number of aliphatic hydroxyl groups excluding tert-OH is 1. The molecule has 1 rings (SSSR count). The van der Waals surface area contributed by atoms with E-state index < -0.39 is 6.10 Å². The second kappa shape index (κ2) is 4.37. The van der Waals surface area contributed by atoms with Crippen molar-refractivity contribution in [1.29, 1.82) is 0 Å². The van der Waals surface area contributed by atoms with Crippen LogP contribution in [0.15, 0.2) is 15.2 Å². The van der Waals surface area contributed by atoms with Gasteiger partial charge in [0.05, 0.1) is 9.89 Å². The van der Waals surface area contributed by atoms with Crippen molar-refractivity contribution in [3.8, 4) is 0 Å². The first-order valence-electron chi connectivity index (χ1n) is 3.77. The molecule has 0 radical (unpaired) electrons. The van der Waals surface area contributed by atoms with Crippen LogP contribution in [-0.2, 0) is 0 Å². The summed E-state index contributed by atoms with van der Waals surface area (Å²) in [5.41, 5.74) is 6.40. The third-order valence-corrected chi connectivity index (χ3v) is 3.61. The Balaban J connectivity index is 2.77. The van der Waals surface area contributed by atoms with Gasteiger partial charge in [0, 0.05) is 5.56 Å². The van der Waals surface area contributed by atoms with E-state index in [0.717, 1.165) is 9.35 Å². The van der Waals surface area contributed by atoms with Gasteiger partial charge in [-0.05, 0) is 39.8 Å². The van der Waals surface area contributed by atoms with Crippen molar-refractivity contribution < 1.29 is 5.11 Å². The smallest absolute Gasteiger partial charge is 0.0846 e. The van der Waals surface area contributed by atoms with Crippen LogP contribution in [0.25, 0.3) is 0 Å². The molecule has 2 unspecified atom stereocenters. The molecule has 0 saturated heterocycles. The topological polar surface area (TPSA) is 46.2 Å². The highest BCUT2D eigenvalue weighted by molar-refractivity contribution is 9.11. The molecule has 0 aliphatic rings. The molecule has 1 aromatic rings. The normalized spacial score (nSPS) is 16.0. The summed E-state index contributed by atoms with van der Waals surface area (Å²) in [5, 5.41) is 11.7. The van der Waals surface area contributed by atoms with Gasteiger partial charge in [0.25, 0.3) is 0 Å². The van der Waals surface area contributed by atoms with E-state index in [1.54, 1.807) is 11.3 Å². The van der Waals surface area contributed by atoms with Crippen LogP contribution in [0.5, 0.6) is 0 Å². The van der Waals surface area contributed by atoms with E-state index in [1.165, 1.54) is 0 Å². The summed E-state index contributed by atoms with van der Waals surface area (Å²) in [6.07, 6.45) is -0.448. The minimum Gasteiger partial charge on any atom is -0.388 e. The lowest BCUT2D eigenvalue weighted by Gasteiger charge is -2.16. The van der Waals surface area contributed by atoms with Gasteiger partial charge in [-0.1, -0.05) is 6.92 Å². The van der Waals surface area contributed by atoms with E-state index >= 15 is 0 Å². The number of hydrogen-bond donors (Lipinski definition) is 2. The van der Waals surface area contributed by atoms with Gasteiger partial charge in [-0.2, -0.15) is 0 Å². The molecule has 68 valence electrons. The Morgan fingerprint density at radius 3 is 2.83 bits per heavy atom. The van der Waals surface area contributed by atoms with E-state index in [1.807, 2.05) is 18.4 Å². The molecule has 4 heteroatoms. The second-order valence-electron chi connectivity index (χ2n) is 2.81. The number of hydrogen-bond acceptors (Lipinski definition) is 3. The Bertz CT molecular complexity index is 251. The summed E-state index contributed by atoms with van der Waals surface area (Å²) >= 11 is 4.96. The minimum absolute atomic E-state index is 0.107. The van der Waals surface area contributed by atoms with Crippen LogP contribution < -0.4 is 5.73 Å². The van der Waals surface area contributed by atoms with Crippen molar-refractivity contribution in [3.05, 3.63) is 20.8 Å². The molecule has 0 amide bonds. The SMILES string of the molecule is CC(CN)C(O)c1ccsc1Br. The number of aliphatic hydroxyl groups is 1. The number of halogens is 1. The van der Waals surface area contributed by atoms with Crippen LogP contribution in [-0.4, -0.2) is 11.7 Å². The third kappa shape index (κ3) is 2.07. The largest absolute Gasteiger partial charge is 0.388 e. The molecule has 12 heavy (non-hydrogen) atoms. The van der Waals surface area contributed by atoms with E-state index in [9.17, 15) is 5.11 Å². The first-order valence-corrected chi connectivity index (χ1v) is 5.45. The van der Waals surface area contributed by atoms with Crippen molar-refractivity contribution in [2.75, 3.05) is 6.54 Å². The molecule has 1 heterocycles. The van der Waals surface area contributed by atoms with Crippen molar-refractivity contribution in [2.45, 2.75) is 13.0 Å². The Hall–Kier alpha value is 0.100. The average Bonchev–Trinajstić information content (AvgIpc) is 2.48. The van der Waals surface area contributed by atoms with Crippen molar-refractivity contribution >= 4 is 27.3 Å². The predicted octanol–water partition coefficient (Wildman–Crippen LogP) is 2.14. The summed E-state index contributed by atoms with van der Waals surface area (Å²) in [6.45, 7) is 2.44. The van der Waals surface area contributed by atoms with E-state index in [2.05, 4.69) is 15.9 Å². The fraction of sp³-hybridized carbons (Fsp3) is 0.500. The van der Waals surface area contributed by atoms with Crippen LogP contribution in [0, 0.1) is 5.92 Å². The molecular weight excluding hydrogens is 238 g/mol.